The van der Waals surface area contributed by atoms with Crippen LogP contribution in [0, 0.1) is 0 Å². The molecule has 0 fully saturated rings. The largest absolute Gasteiger partial charge is 0.493 e. The summed E-state index contributed by atoms with van der Waals surface area (Å²) >= 11 is 6.17. The second kappa shape index (κ2) is 8.18. The second-order valence-corrected chi connectivity index (χ2v) is 6.23. The minimum atomic E-state index is -0.431. The van der Waals surface area contributed by atoms with Gasteiger partial charge in [-0.1, -0.05) is 23.7 Å². The Morgan fingerprint density at radius 2 is 1.89 bits per heavy atom. The zero-order valence-corrected chi connectivity index (χ0v) is 15.7. The van der Waals surface area contributed by atoms with Crippen LogP contribution < -0.4 is 20.5 Å². The number of amides is 1. The summed E-state index contributed by atoms with van der Waals surface area (Å²) in [5, 5.41) is 3.10. The maximum Gasteiger partial charge on any atom is 0.419 e. The Morgan fingerprint density at radius 3 is 2.63 bits per heavy atom. The zero-order valence-electron chi connectivity index (χ0n) is 15.0. The van der Waals surface area contributed by atoms with E-state index < -0.39 is 5.76 Å². The Balaban J connectivity index is 1.63. The molecule has 0 saturated heterocycles. The van der Waals surface area contributed by atoms with Crippen LogP contribution >= 0.6 is 11.6 Å². The lowest BCUT2D eigenvalue weighted by Crippen LogP contribution is -2.17. The molecule has 0 aliphatic rings. The Kier molecular flexibility index (Phi) is 5.71. The van der Waals surface area contributed by atoms with Crippen LogP contribution in [0.25, 0.3) is 11.1 Å². The molecule has 0 radical (unpaired) electrons. The highest BCUT2D eigenvalue weighted by atomic mass is 35.5. The van der Waals surface area contributed by atoms with Gasteiger partial charge in [-0.3, -0.25) is 9.36 Å². The van der Waals surface area contributed by atoms with Crippen LogP contribution in [0.15, 0.2) is 45.6 Å². The van der Waals surface area contributed by atoms with Gasteiger partial charge in [-0.25, -0.2) is 4.79 Å². The number of methoxy groups -OCH3 is 2. The standard InChI is InChI=1S/C19H19ClN2O5/c1-25-16-10-12(20)13(11-17(16)26-2)21-18(23)8-5-9-22-14-6-3-4-7-15(14)27-19(22)24/h3-4,6-7,10-11H,5,8-9H2,1-2H3,(H,21,23). The van der Waals surface area contributed by atoms with Crippen molar-refractivity contribution in [3.8, 4) is 11.5 Å². The monoisotopic (exact) mass is 390 g/mol. The van der Waals surface area contributed by atoms with Gasteiger partial charge >= 0.3 is 5.76 Å². The van der Waals surface area contributed by atoms with Gasteiger partial charge in [0.05, 0.1) is 30.4 Å². The first-order valence-corrected chi connectivity index (χ1v) is 8.71. The van der Waals surface area contributed by atoms with E-state index in [0.717, 1.165) is 0 Å². The number of ether oxygens (including phenoxy) is 2. The molecule has 0 saturated carbocycles. The first-order chi connectivity index (χ1) is 13.0. The molecule has 7 nitrogen and oxygen atoms in total. The lowest BCUT2D eigenvalue weighted by atomic mass is 10.2. The third-order valence-electron chi connectivity index (χ3n) is 4.11. The molecule has 8 heteroatoms. The highest BCUT2D eigenvalue weighted by Gasteiger charge is 2.13. The quantitative estimate of drug-likeness (QED) is 0.665. The predicted octanol–water partition coefficient (Wildman–Crippen LogP) is 3.68. The molecule has 2 aromatic carbocycles. The van der Waals surface area contributed by atoms with Gasteiger partial charge in [-0.2, -0.15) is 0 Å². The molecule has 1 amide bonds. The molecule has 0 bridgehead atoms. The third kappa shape index (κ3) is 4.09. The number of benzene rings is 2. The molecule has 0 aliphatic carbocycles. The lowest BCUT2D eigenvalue weighted by Gasteiger charge is -2.12. The normalized spacial score (nSPS) is 10.8. The van der Waals surface area contributed by atoms with Crippen LogP contribution in [0.1, 0.15) is 12.8 Å². The van der Waals surface area contributed by atoms with E-state index >= 15 is 0 Å². The van der Waals surface area contributed by atoms with Crippen LogP contribution in [0.3, 0.4) is 0 Å². The van der Waals surface area contributed by atoms with Crippen molar-refractivity contribution in [2.75, 3.05) is 19.5 Å². The molecule has 27 heavy (non-hydrogen) atoms. The average molecular weight is 391 g/mol. The van der Waals surface area contributed by atoms with E-state index in [1.54, 1.807) is 24.3 Å². The molecule has 1 aromatic heterocycles. The van der Waals surface area contributed by atoms with Gasteiger partial charge in [0.25, 0.3) is 0 Å². The molecule has 3 rings (SSSR count). The van der Waals surface area contributed by atoms with Crippen molar-refractivity contribution in [1.29, 1.82) is 0 Å². The van der Waals surface area contributed by atoms with E-state index in [1.165, 1.54) is 18.8 Å². The van der Waals surface area contributed by atoms with Crippen LogP contribution in [0.5, 0.6) is 11.5 Å². The SMILES string of the molecule is COc1cc(Cl)c(NC(=O)CCCn2c(=O)oc3ccccc32)cc1OC. The number of para-hydroxylation sites is 2. The molecule has 0 atom stereocenters. The summed E-state index contributed by atoms with van der Waals surface area (Å²) in [6, 6.07) is 10.4. The number of carbonyl (C=O) groups is 1. The molecule has 0 spiro atoms. The topological polar surface area (TPSA) is 82.7 Å². The predicted molar refractivity (Wildman–Crippen MR) is 103 cm³/mol. The number of halogens is 1. The smallest absolute Gasteiger partial charge is 0.419 e. The highest BCUT2D eigenvalue weighted by Crippen LogP contribution is 2.36. The zero-order chi connectivity index (χ0) is 19.4. The van der Waals surface area contributed by atoms with Crippen LogP contribution in [0.4, 0.5) is 5.69 Å². The van der Waals surface area contributed by atoms with Gasteiger partial charge in [-0.05, 0) is 18.6 Å². The Morgan fingerprint density at radius 1 is 1.19 bits per heavy atom. The third-order valence-corrected chi connectivity index (χ3v) is 4.42. The average Bonchev–Trinajstić information content (AvgIpc) is 2.98. The highest BCUT2D eigenvalue weighted by molar-refractivity contribution is 6.34. The first kappa shape index (κ1) is 18.8. The van der Waals surface area contributed by atoms with E-state index in [1.807, 2.05) is 12.1 Å². The summed E-state index contributed by atoms with van der Waals surface area (Å²) in [6.45, 7) is 0.378. The number of hydrogen-bond acceptors (Lipinski definition) is 5. The van der Waals surface area contributed by atoms with Crippen molar-refractivity contribution in [3.05, 3.63) is 52.0 Å². The van der Waals surface area contributed by atoms with Gasteiger partial charge in [0, 0.05) is 25.1 Å². The maximum absolute atomic E-state index is 12.2. The molecular weight excluding hydrogens is 372 g/mol. The lowest BCUT2D eigenvalue weighted by molar-refractivity contribution is -0.116. The maximum atomic E-state index is 12.2. The van der Waals surface area contributed by atoms with Crippen molar-refractivity contribution in [2.45, 2.75) is 19.4 Å². The number of rotatable bonds is 7. The van der Waals surface area contributed by atoms with Gasteiger partial charge < -0.3 is 19.2 Å². The molecule has 1 N–H and O–H groups in total. The van der Waals surface area contributed by atoms with Crippen LogP contribution in [0.2, 0.25) is 5.02 Å². The summed E-state index contributed by atoms with van der Waals surface area (Å²) in [5.41, 5.74) is 1.68. The molecule has 142 valence electrons. The van der Waals surface area contributed by atoms with Crippen molar-refractivity contribution < 1.29 is 18.7 Å². The van der Waals surface area contributed by atoms with Crippen molar-refractivity contribution in [2.24, 2.45) is 0 Å². The molecule has 3 aromatic rings. The fraction of sp³-hybridized carbons (Fsp3) is 0.263. The van der Waals surface area contributed by atoms with Gasteiger partial charge in [0.2, 0.25) is 5.91 Å². The van der Waals surface area contributed by atoms with Crippen LogP contribution in [-0.4, -0.2) is 24.7 Å². The number of carbonyl (C=O) groups excluding carboxylic acids is 1. The Labute approximate surface area is 160 Å². The van der Waals surface area contributed by atoms with Crippen molar-refractivity contribution in [1.82, 2.24) is 4.57 Å². The molecular formula is C19H19ClN2O5. The van der Waals surface area contributed by atoms with Crippen molar-refractivity contribution in [3.63, 3.8) is 0 Å². The summed E-state index contributed by atoms with van der Waals surface area (Å²) in [7, 11) is 3.01. The van der Waals surface area contributed by atoms with E-state index in [-0.39, 0.29) is 12.3 Å². The number of nitrogens with one attached hydrogen (secondary N) is 1. The minimum Gasteiger partial charge on any atom is -0.493 e. The number of oxazole rings is 1. The number of aromatic nitrogens is 1. The molecule has 1 heterocycles. The van der Waals surface area contributed by atoms with Gasteiger partial charge in [0.1, 0.15) is 0 Å². The van der Waals surface area contributed by atoms with E-state index in [0.29, 0.717) is 46.3 Å². The Bertz CT molecular complexity index is 1020. The number of nitrogens with zero attached hydrogens (tertiary/aromatic N) is 1. The summed E-state index contributed by atoms with van der Waals surface area (Å²) in [5.74, 6) is 0.296. The summed E-state index contributed by atoms with van der Waals surface area (Å²) < 4.78 is 17.1. The summed E-state index contributed by atoms with van der Waals surface area (Å²) in [4.78, 5) is 24.2. The van der Waals surface area contributed by atoms with Gasteiger partial charge in [0.15, 0.2) is 17.1 Å². The number of aryl methyl sites for hydroxylation is 1. The van der Waals surface area contributed by atoms with Crippen molar-refractivity contribution >= 4 is 34.3 Å². The van der Waals surface area contributed by atoms with Gasteiger partial charge in [-0.15, -0.1) is 0 Å². The second-order valence-electron chi connectivity index (χ2n) is 5.83. The number of anilines is 1. The van der Waals surface area contributed by atoms with E-state index in [2.05, 4.69) is 5.32 Å². The number of fused-ring (bicyclic) bond motifs is 1. The molecule has 0 aliphatic heterocycles. The molecule has 0 unspecified atom stereocenters. The number of hydrogen-bond donors (Lipinski definition) is 1. The minimum absolute atomic E-state index is 0.218. The van der Waals surface area contributed by atoms with E-state index in [4.69, 9.17) is 25.5 Å². The first-order valence-electron chi connectivity index (χ1n) is 8.33. The summed E-state index contributed by atoms with van der Waals surface area (Å²) in [6.07, 6.45) is 0.691. The van der Waals surface area contributed by atoms with E-state index in [9.17, 15) is 9.59 Å². The fourth-order valence-electron chi connectivity index (χ4n) is 2.79. The van der Waals surface area contributed by atoms with Crippen LogP contribution in [-0.2, 0) is 11.3 Å². The Hall–Kier alpha value is -2.93. The fourth-order valence-corrected chi connectivity index (χ4v) is 2.99.